The van der Waals surface area contributed by atoms with Gasteiger partial charge in [0.2, 0.25) is 11.8 Å². The predicted molar refractivity (Wildman–Crippen MR) is 65.8 cm³/mol. The Morgan fingerprint density at radius 1 is 1.38 bits per heavy atom. The second kappa shape index (κ2) is 7.04. The minimum Gasteiger partial charge on any atom is -0.478 e. The number of nitrogens with one attached hydrogen (secondary N) is 1. The molecule has 0 aliphatic carbocycles. The number of aromatic nitrogens is 2. The van der Waals surface area contributed by atoms with E-state index in [-0.39, 0.29) is 0 Å². The molecule has 0 saturated heterocycles. The molecule has 16 heavy (non-hydrogen) atoms. The van der Waals surface area contributed by atoms with Gasteiger partial charge in [-0.2, -0.15) is 4.98 Å². The average molecular weight is 223 g/mol. The van der Waals surface area contributed by atoms with Crippen molar-refractivity contribution in [3.05, 3.63) is 12.3 Å². The van der Waals surface area contributed by atoms with Crippen LogP contribution in [0.5, 0.6) is 5.88 Å². The van der Waals surface area contributed by atoms with Crippen molar-refractivity contribution in [2.24, 2.45) is 0 Å². The van der Waals surface area contributed by atoms with Crippen LogP contribution in [-0.2, 0) is 0 Å². The smallest absolute Gasteiger partial charge is 0.226 e. The summed E-state index contributed by atoms with van der Waals surface area (Å²) in [6.07, 6.45) is 5.10. The van der Waals surface area contributed by atoms with Gasteiger partial charge in [-0.25, -0.2) is 4.98 Å². The van der Waals surface area contributed by atoms with E-state index in [9.17, 15) is 0 Å². The Labute approximate surface area is 97.5 Å². The average Bonchev–Trinajstić information content (AvgIpc) is 2.29. The SMILES string of the molecule is CCCC(CC)Nc1nccc(OCC)n1. The molecule has 0 radical (unpaired) electrons. The highest BCUT2D eigenvalue weighted by molar-refractivity contribution is 5.28. The number of ether oxygens (including phenoxy) is 1. The zero-order valence-corrected chi connectivity index (χ0v) is 10.4. The van der Waals surface area contributed by atoms with Crippen molar-refractivity contribution in [2.45, 2.75) is 46.1 Å². The van der Waals surface area contributed by atoms with E-state index in [1.54, 1.807) is 12.3 Å². The van der Waals surface area contributed by atoms with Crippen LogP contribution < -0.4 is 10.1 Å². The maximum atomic E-state index is 5.33. The van der Waals surface area contributed by atoms with Gasteiger partial charge in [0.15, 0.2) is 0 Å². The zero-order valence-electron chi connectivity index (χ0n) is 10.4. The van der Waals surface area contributed by atoms with Crippen LogP contribution in [-0.4, -0.2) is 22.6 Å². The topological polar surface area (TPSA) is 47.0 Å². The minimum absolute atomic E-state index is 0.446. The molecule has 0 amide bonds. The van der Waals surface area contributed by atoms with E-state index in [4.69, 9.17) is 4.74 Å². The van der Waals surface area contributed by atoms with Crippen molar-refractivity contribution in [1.82, 2.24) is 9.97 Å². The lowest BCUT2D eigenvalue weighted by Crippen LogP contribution is -2.19. The molecule has 0 bridgehead atoms. The van der Waals surface area contributed by atoms with Gasteiger partial charge in [0, 0.05) is 18.3 Å². The lowest BCUT2D eigenvalue weighted by Gasteiger charge is -2.15. The van der Waals surface area contributed by atoms with Crippen LogP contribution in [0.25, 0.3) is 0 Å². The molecule has 1 heterocycles. The molecule has 4 heteroatoms. The van der Waals surface area contributed by atoms with Gasteiger partial charge in [0.1, 0.15) is 0 Å². The quantitative estimate of drug-likeness (QED) is 0.772. The molecule has 1 N–H and O–H groups in total. The summed E-state index contributed by atoms with van der Waals surface area (Å²) in [5.41, 5.74) is 0. The van der Waals surface area contributed by atoms with Crippen molar-refractivity contribution in [3.63, 3.8) is 0 Å². The van der Waals surface area contributed by atoms with Gasteiger partial charge in [0.05, 0.1) is 6.61 Å². The third-order valence-corrected chi connectivity index (χ3v) is 2.39. The summed E-state index contributed by atoms with van der Waals surface area (Å²) in [7, 11) is 0. The third-order valence-electron chi connectivity index (χ3n) is 2.39. The number of hydrogen-bond donors (Lipinski definition) is 1. The molecule has 1 aromatic heterocycles. The van der Waals surface area contributed by atoms with Gasteiger partial charge in [-0.05, 0) is 19.8 Å². The number of nitrogens with zero attached hydrogens (tertiary/aromatic N) is 2. The highest BCUT2D eigenvalue weighted by Gasteiger charge is 2.07. The summed E-state index contributed by atoms with van der Waals surface area (Å²) in [5.74, 6) is 1.29. The second-order valence-electron chi connectivity index (χ2n) is 3.69. The third kappa shape index (κ3) is 4.04. The largest absolute Gasteiger partial charge is 0.478 e. The minimum atomic E-state index is 0.446. The standard InChI is InChI=1S/C12H21N3O/c1-4-7-10(5-2)14-12-13-9-8-11(15-12)16-6-3/h8-10H,4-7H2,1-3H3,(H,13,14,15). The Hall–Kier alpha value is -1.32. The first kappa shape index (κ1) is 12.7. The Kier molecular flexibility index (Phi) is 5.61. The summed E-state index contributed by atoms with van der Waals surface area (Å²) in [6.45, 7) is 6.92. The van der Waals surface area contributed by atoms with Crippen LogP contribution in [0, 0.1) is 0 Å². The maximum Gasteiger partial charge on any atom is 0.226 e. The molecular formula is C12H21N3O. The molecule has 0 fully saturated rings. The molecule has 0 aliphatic heterocycles. The fraction of sp³-hybridized carbons (Fsp3) is 0.667. The van der Waals surface area contributed by atoms with E-state index in [2.05, 4.69) is 29.1 Å². The zero-order chi connectivity index (χ0) is 11.8. The van der Waals surface area contributed by atoms with E-state index in [0.717, 1.165) is 19.3 Å². The lowest BCUT2D eigenvalue weighted by atomic mass is 10.1. The molecule has 1 atom stereocenters. The van der Waals surface area contributed by atoms with Gasteiger partial charge >= 0.3 is 0 Å². The highest BCUT2D eigenvalue weighted by atomic mass is 16.5. The fourth-order valence-electron chi connectivity index (χ4n) is 1.55. The van der Waals surface area contributed by atoms with E-state index in [1.807, 2.05) is 6.92 Å². The Morgan fingerprint density at radius 2 is 2.19 bits per heavy atom. The van der Waals surface area contributed by atoms with Gasteiger partial charge < -0.3 is 10.1 Å². The molecule has 1 rings (SSSR count). The summed E-state index contributed by atoms with van der Waals surface area (Å²) < 4.78 is 5.33. The summed E-state index contributed by atoms with van der Waals surface area (Å²) >= 11 is 0. The van der Waals surface area contributed by atoms with Gasteiger partial charge in [-0.3, -0.25) is 0 Å². The molecule has 0 spiro atoms. The fourth-order valence-corrected chi connectivity index (χ4v) is 1.55. The van der Waals surface area contributed by atoms with Crippen molar-refractivity contribution < 1.29 is 4.74 Å². The first-order chi connectivity index (χ1) is 7.80. The molecule has 1 aromatic rings. The number of anilines is 1. The lowest BCUT2D eigenvalue weighted by molar-refractivity contribution is 0.326. The predicted octanol–water partition coefficient (Wildman–Crippen LogP) is 2.87. The van der Waals surface area contributed by atoms with E-state index in [0.29, 0.717) is 24.5 Å². The van der Waals surface area contributed by atoms with Crippen LogP contribution in [0.15, 0.2) is 12.3 Å². The second-order valence-corrected chi connectivity index (χ2v) is 3.69. The molecule has 0 aromatic carbocycles. The Bertz CT molecular complexity index is 304. The van der Waals surface area contributed by atoms with Crippen LogP contribution in [0.1, 0.15) is 40.0 Å². The van der Waals surface area contributed by atoms with E-state index >= 15 is 0 Å². The molecule has 90 valence electrons. The number of hydrogen-bond acceptors (Lipinski definition) is 4. The summed E-state index contributed by atoms with van der Waals surface area (Å²) in [5, 5.41) is 3.33. The van der Waals surface area contributed by atoms with Gasteiger partial charge in [-0.1, -0.05) is 20.3 Å². The summed E-state index contributed by atoms with van der Waals surface area (Å²) in [4.78, 5) is 8.48. The summed E-state index contributed by atoms with van der Waals surface area (Å²) in [6, 6.07) is 2.22. The molecule has 4 nitrogen and oxygen atoms in total. The molecule has 0 aliphatic rings. The van der Waals surface area contributed by atoms with Crippen LogP contribution in [0.2, 0.25) is 0 Å². The van der Waals surface area contributed by atoms with Gasteiger partial charge in [0.25, 0.3) is 0 Å². The number of rotatable bonds is 7. The van der Waals surface area contributed by atoms with Crippen molar-refractivity contribution in [3.8, 4) is 5.88 Å². The molecular weight excluding hydrogens is 202 g/mol. The van der Waals surface area contributed by atoms with Crippen molar-refractivity contribution in [1.29, 1.82) is 0 Å². The monoisotopic (exact) mass is 223 g/mol. The van der Waals surface area contributed by atoms with Crippen molar-refractivity contribution >= 4 is 5.95 Å². The normalized spacial score (nSPS) is 12.2. The highest BCUT2D eigenvalue weighted by Crippen LogP contribution is 2.12. The van der Waals surface area contributed by atoms with Crippen LogP contribution in [0.4, 0.5) is 5.95 Å². The van der Waals surface area contributed by atoms with Gasteiger partial charge in [-0.15, -0.1) is 0 Å². The van der Waals surface area contributed by atoms with Crippen LogP contribution >= 0.6 is 0 Å². The maximum absolute atomic E-state index is 5.33. The van der Waals surface area contributed by atoms with E-state index in [1.165, 1.54) is 0 Å². The van der Waals surface area contributed by atoms with Crippen molar-refractivity contribution in [2.75, 3.05) is 11.9 Å². The first-order valence-electron chi connectivity index (χ1n) is 6.02. The van der Waals surface area contributed by atoms with E-state index < -0.39 is 0 Å². The first-order valence-corrected chi connectivity index (χ1v) is 6.02. The Morgan fingerprint density at radius 3 is 2.81 bits per heavy atom. The Balaban J connectivity index is 2.60. The van der Waals surface area contributed by atoms with Crippen LogP contribution in [0.3, 0.4) is 0 Å². The molecule has 0 saturated carbocycles. The molecule has 1 unspecified atom stereocenters.